The van der Waals surface area contributed by atoms with E-state index in [1.54, 1.807) is 18.2 Å². The maximum Gasteiger partial charge on any atom is 0.200 e. The highest BCUT2D eigenvalue weighted by atomic mass is 16.5. The van der Waals surface area contributed by atoms with Crippen molar-refractivity contribution >= 4 is 21.9 Å². The molecule has 4 N–H and O–H groups in total. The topological polar surface area (TPSA) is 106 Å². The second-order valence-corrected chi connectivity index (χ2v) is 7.65. The largest absolute Gasteiger partial charge is 0.494 e. The Kier molecular flexibility index (Phi) is 6.90. The maximum absolute atomic E-state index is 12.9. The number of ether oxygens (including phenoxy) is 1. The van der Waals surface area contributed by atoms with E-state index in [1.807, 2.05) is 18.2 Å². The van der Waals surface area contributed by atoms with Crippen molar-refractivity contribution in [2.75, 3.05) is 19.8 Å². The second-order valence-electron chi connectivity index (χ2n) is 7.65. The van der Waals surface area contributed by atoms with Crippen LogP contribution in [0.2, 0.25) is 0 Å². The Hall–Kier alpha value is -2.41. The highest BCUT2D eigenvalue weighted by Crippen LogP contribution is 2.24. The average Bonchev–Trinajstić information content (AvgIpc) is 2.75. The molecule has 2 aromatic carbocycles. The fourth-order valence-corrected chi connectivity index (χ4v) is 3.27. The van der Waals surface area contributed by atoms with Crippen molar-refractivity contribution in [2.45, 2.75) is 44.6 Å². The molecular weight excluding hydrogens is 370 g/mol. The second kappa shape index (κ2) is 9.39. The Balaban J connectivity index is 1.86. The summed E-state index contributed by atoms with van der Waals surface area (Å²) in [5.41, 5.74) is 6.77. The summed E-state index contributed by atoms with van der Waals surface area (Å²) < 4.78 is 11.7. The molecule has 1 heterocycles. The molecule has 0 aliphatic heterocycles. The quantitative estimate of drug-likeness (QED) is 0.357. The molecule has 156 valence electrons. The van der Waals surface area contributed by atoms with Crippen molar-refractivity contribution in [1.82, 2.24) is 0 Å². The molecule has 1 aromatic heterocycles. The van der Waals surface area contributed by atoms with Gasteiger partial charge in [0.25, 0.3) is 0 Å². The Morgan fingerprint density at radius 3 is 2.55 bits per heavy atom. The van der Waals surface area contributed by atoms with Gasteiger partial charge in [-0.2, -0.15) is 0 Å². The number of rotatable bonds is 10. The molecule has 29 heavy (non-hydrogen) atoms. The van der Waals surface area contributed by atoms with Crippen molar-refractivity contribution in [3.05, 3.63) is 52.2 Å². The van der Waals surface area contributed by atoms with Gasteiger partial charge in [-0.15, -0.1) is 0 Å². The zero-order valence-corrected chi connectivity index (χ0v) is 16.8. The number of aliphatic hydroxyl groups excluding tert-OH is 2. The van der Waals surface area contributed by atoms with Gasteiger partial charge < -0.3 is 25.1 Å². The summed E-state index contributed by atoms with van der Waals surface area (Å²) in [6, 6.07) is 10.7. The first-order valence-electron chi connectivity index (χ1n) is 10.1. The lowest BCUT2D eigenvalue weighted by atomic mass is 9.93. The van der Waals surface area contributed by atoms with Crippen LogP contribution in [0, 0.1) is 0 Å². The Bertz CT molecular complexity index is 1020. The fraction of sp³-hybridized carbons (Fsp3) is 0.435. The minimum absolute atomic E-state index is 0.0919. The molecule has 0 bridgehead atoms. The molecule has 0 radical (unpaired) electrons. The van der Waals surface area contributed by atoms with Crippen LogP contribution in [0.25, 0.3) is 21.9 Å². The van der Waals surface area contributed by atoms with E-state index in [9.17, 15) is 15.0 Å². The molecule has 0 fully saturated rings. The van der Waals surface area contributed by atoms with Gasteiger partial charge in [0.1, 0.15) is 16.9 Å². The monoisotopic (exact) mass is 399 g/mol. The van der Waals surface area contributed by atoms with E-state index >= 15 is 0 Å². The van der Waals surface area contributed by atoms with Crippen molar-refractivity contribution in [1.29, 1.82) is 0 Å². The van der Waals surface area contributed by atoms with Gasteiger partial charge in [0.05, 0.1) is 36.1 Å². The zero-order valence-electron chi connectivity index (χ0n) is 16.8. The molecular formula is C23H29NO5. The predicted molar refractivity (Wildman–Crippen MR) is 114 cm³/mol. The normalized spacial score (nSPS) is 12.0. The summed E-state index contributed by atoms with van der Waals surface area (Å²) in [7, 11) is 0. The van der Waals surface area contributed by atoms with E-state index in [4.69, 9.17) is 14.9 Å². The maximum atomic E-state index is 12.9. The third-order valence-corrected chi connectivity index (χ3v) is 5.26. The van der Waals surface area contributed by atoms with Crippen LogP contribution in [0.5, 0.6) is 5.75 Å². The highest BCUT2D eigenvalue weighted by Gasteiger charge is 2.22. The molecule has 3 rings (SSSR count). The lowest BCUT2D eigenvalue weighted by Gasteiger charge is -2.24. The van der Waals surface area contributed by atoms with Crippen LogP contribution in [-0.2, 0) is 6.42 Å². The van der Waals surface area contributed by atoms with E-state index in [1.165, 1.54) is 0 Å². The number of nitrogens with two attached hydrogens (primary N) is 1. The van der Waals surface area contributed by atoms with Gasteiger partial charge in [0, 0.05) is 0 Å². The number of hydrogen-bond donors (Lipinski definition) is 3. The molecule has 6 nitrogen and oxygen atoms in total. The lowest BCUT2D eigenvalue weighted by molar-refractivity contribution is 0.115. The van der Waals surface area contributed by atoms with E-state index in [-0.39, 0.29) is 18.6 Å². The van der Waals surface area contributed by atoms with Gasteiger partial charge in [0.2, 0.25) is 5.43 Å². The van der Waals surface area contributed by atoms with Crippen LogP contribution < -0.4 is 15.9 Å². The van der Waals surface area contributed by atoms with Crippen LogP contribution in [0.3, 0.4) is 0 Å². The van der Waals surface area contributed by atoms with E-state index in [0.29, 0.717) is 47.1 Å². The summed E-state index contributed by atoms with van der Waals surface area (Å²) in [6.45, 7) is 2.19. The summed E-state index contributed by atoms with van der Waals surface area (Å²) >= 11 is 0. The lowest BCUT2D eigenvalue weighted by Crippen LogP contribution is -2.47. The molecule has 0 aliphatic carbocycles. The van der Waals surface area contributed by atoms with Gasteiger partial charge in [-0.3, -0.25) is 4.79 Å². The molecule has 0 unspecified atom stereocenters. The molecule has 6 heteroatoms. The molecule has 3 aromatic rings. The predicted octanol–water partition coefficient (Wildman–Crippen LogP) is 3.13. The van der Waals surface area contributed by atoms with Crippen molar-refractivity contribution in [3.63, 3.8) is 0 Å². The highest BCUT2D eigenvalue weighted by molar-refractivity contribution is 5.90. The van der Waals surface area contributed by atoms with Crippen molar-refractivity contribution in [2.24, 2.45) is 5.73 Å². The SMILES string of the molecule is CCCCCOc1ccc2oc3cc(CCC(N)(CO)CO)ccc3c(=O)c2c1. The fourth-order valence-electron chi connectivity index (χ4n) is 3.27. The minimum Gasteiger partial charge on any atom is -0.494 e. The Morgan fingerprint density at radius 1 is 1.03 bits per heavy atom. The first-order valence-corrected chi connectivity index (χ1v) is 10.1. The van der Waals surface area contributed by atoms with Crippen LogP contribution >= 0.6 is 0 Å². The molecule has 0 amide bonds. The number of benzene rings is 2. The first kappa shape index (κ1) is 21.3. The number of hydrogen-bond acceptors (Lipinski definition) is 6. The molecule has 0 spiro atoms. The standard InChI is InChI=1S/C23H29NO5/c1-2-3-4-11-28-17-6-8-20-19(13-17)22(27)18-7-5-16(12-21(18)29-20)9-10-23(24,14-25)15-26/h5-8,12-13,25-26H,2-4,9-11,14-15,24H2,1H3. The summed E-state index contributed by atoms with van der Waals surface area (Å²) in [4.78, 5) is 12.9. The first-order chi connectivity index (χ1) is 14.0. The molecule has 0 aliphatic rings. The third-order valence-electron chi connectivity index (χ3n) is 5.26. The van der Waals surface area contributed by atoms with Gasteiger partial charge in [-0.25, -0.2) is 0 Å². The summed E-state index contributed by atoms with van der Waals surface area (Å²) in [5, 5.41) is 19.7. The van der Waals surface area contributed by atoms with Gasteiger partial charge in [0.15, 0.2) is 0 Å². The molecule has 0 saturated carbocycles. The Morgan fingerprint density at radius 2 is 1.83 bits per heavy atom. The average molecular weight is 399 g/mol. The van der Waals surface area contributed by atoms with E-state index in [2.05, 4.69) is 6.92 Å². The van der Waals surface area contributed by atoms with E-state index < -0.39 is 5.54 Å². The smallest absolute Gasteiger partial charge is 0.200 e. The van der Waals surface area contributed by atoms with Crippen LogP contribution in [0.1, 0.15) is 38.2 Å². The van der Waals surface area contributed by atoms with Gasteiger partial charge >= 0.3 is 0 Å². The number of unbranched alkanes of at least 4 members (excludes halogenated alkanes) is 2. The zero-order chi connectivity index (χ0) is 20.9. The summed E-state index contributed by atoms with van der Waals surface area (Å²) in [5.74, 6) is 0.671. The van der Waals surface area contributed by atoms with Crippen LogP contribution in [-0.4, -0.2) is 35.6 Å². The number of aliphatic hydroxyl groups is 2. The van der Waals surface area contributed by atoms with Crippen molar-refractivity contribution < 1.29 is 19.4 Å². The third kappa shape index (κ3) is 4.96. The summed E-state index contributed by atoms with van der Waals surface area (Å²) in [6.07, 6.45) is 4.21. The molecule has 0 atom stereocenters. The van der Waals surface area contributed by atoms with Crippen LogP contribution in [0.4, 0.5) is 0 Å². The Labute approximate surface area is 169 Å². The van der Waals surface area contributed by atoms with Crippen molar-refractivity contribution in [3.8, 4) is 5.75 Å². The van der Waals surface area contributed by atoms with Crippen LogP contribution in [0.15, 0.2) is 45.6 Å². The van der Waals surface area contributed by atoms with E-state index in [0.717, 1.165) is 24.8 Å². The molecule has 0 saturated heterocycles. The van der Waals surface area contributed by atoms with Gasteiger partial charge in [-0.1, -0.05) is 25.8 Å². The number of fused-ring (bicyclic) bond motifs is 2. The number of aryl methyl sites for hydroxylation is 1. The van der Waals surface area contributed by atoms with Gasteiger partial charge in [-0.05, 0) is 55.2 Å². The minimum atomic E-state index is -1.02.